The Labute approximate surface area is 130 Å². The van der Waals surface area contributed by atoms with Crippen molar-refractivity contribution >= 4 is 9.84 Å². The molecule has 0 aliphatic carbocycles. The molecule has 1 unspecified atom stereocenters. The Morgan fingerprint density at radius 2 is 1.86 bits per heavy atom. The molecule has 2 aromatic rings. The molecule has 5 heteroatoms. The number of benzene rings is 2. The zero-order valence-corrected chi connectivity index (χ0v) is 13.4. The molecule has 4 nitrogen and oxygen atoms in total. The van der Waals surface area contributed by atoms with Gasteiger partial charge in [0.15, 0.2) is 0 Å². The first-order chi connectivity index (χ1) is 10.5. The van der Waals surface area contributed by atoms with E-state index in [1.807, 2.05) is 19.9 Å². The summed E-state index contributed by atoms with van der Waals surface area (Å²) < 4.78 is 36.1. The van der Waals surface area contributed by atoms with Gasteiger partial charge in [-0.2, -0.15) is 0 Å². The zero-order chi connectivity index (χ0) is 15.7. The Morgan fingerprint density at radius 1 is 1.14 bits per heavy atom. The summed E-state index contributed by atoms with van der Waals surface area (Å²) >= 11 is 0. The minimum absolute atomic E-state index is 0.176. The second-order valence-corrected chi connectivity index (χ2v) is 7.46. The van der Waals surface area contributed by atoms with E-state index in [1.54, 1.807) is 36.4 Å². The summed E-state index contributed by atoms with van der Waals surface area (Å²) in [6.07, 6.45) is 0.176. The van der Waals surface area contributed by atoms with E-state index in [-0.39, 0.29) is 11.0 Å². The van der Waals surface area contributed by atoms with Crippen molar-refractivity contribution < 1.29 is 17.9 Å². The average molecular weight is 318 g/mol. The highest BCUT2D eigenvalue weighted by molar-refractivity contribution is 7.91. The largest absolute Gasteiger partial charge is 0.491 e. The van der Waals surface area contributed by atoms with Gasteiger partial charge in [-0.15, -0.1) is 0 Å². The monoisotopic (exact) mass is 318 g/mol. The average Bonchev–Trinajstić information content (AvgIpc) is 3.30. The molecule has 3 rings (SSSR count). The first-order valence-corrected chi connectivity index (χ1v) is 8.62. The van der Waals surface area contributed by atoms with E-state index in [2.05, 4.69) is 0 Å². The lowest BCUT2D eigenvalue weighted by molar-refractivity contribution is 0.261. The van der Waals surface area contributed by atoms with Gasteiger partial charge >= 0.3 is 0 Å². The molecule has 0 amide bonds. The van der Waals surface area contributed by atoms with Crippen molar-refractivity contribution in [2.24, 2.45) is 0 Å². The molecule has 116 valence electrons. The van der Waals surface area contributed by atoms with Crippen LogP contribution in [0.3, 0.4) is 0 Å². The number of epoxide rings is 1. The summed E-state index contributed by atoms with van der Waals surface area (Å²) in [5.74, 6) is 0.693. The lowest BCUT2D eigenvalue weighted by Gasteiger charge is -2.11. The number of rotatable bonds is 5. The third-order valence-electron chi connectivity index (χ3n) is 3.58. The maximum atomic E-state index is 12.7. The van der Waals surface area contributed by atoms with E-state index in [9.17, 15) is 8.42 Å². The van der Waals surface area contributed by atoms with Crippen LogP contribution in [0, 0.1) is 13.8 Å². The Balaban J connectivity index is 1.88. The minimum atomic E-state index is -3.50. The highest BCUT2D eigenvalue weighted by atomic mass is 32.2. The van der Waals surface area contributed by atoms with Gasteiger partial charge in [-0.05, 0) is 55.3 Å². The smallest absolute Gasteiger partial charge is 0.206 e. The Kier molecular flexibility index (Phi) is 3.93. The number of ether oxygens (including phenoxy) is 2. The van der Waals surface area contributed by atoms with Gasteiger partial charge in [0.25, 0.3) is 0 Å². The first-order valence-electron chi connectivity index (χ1n) is 7.13. The summed E-state index contributed by atoms with van der Waals surface area (Å²) in [7, 11) is -3.50. The highest BCUT2D eigenvalue weighted by Crippen LogP contribution is 2.27. The topological polar surface area (TPSA) is 55.9 Å². The fourth-order valence-corrected chi connectivity index (χ4v) is 3.67. The summed E-state index contributed by atoms with van der Waals surface area (Å²) in [6, 6.07) is 11.9. The SMILES string of the molecule is Cc1cccc(S(=O)(=O)c2ccc(OCC3CO3)c(C)c2)c1. The lowest BCUT2D eigenvalue weighted by Crippen LogP contribution is -2.06. The molecule has 2 aromatic carbocycles. The Hall–Kier alpha value is -1.85. The van der Waals surface area contributed by atoms with Crippen molar-refractivity contribution in [2.75, 3.05) is 13.2 Å². The quantitative estimate of drug-likeness (QED) is 0.795. The van der Waals surface area contributed by atoms with Crippen LogP contribution >= 0.6 is 0 Å². The van der Waals surface area contributed by atoms with E-state index >= 15 is 0 Å². The van der Waals surface area contributed by atoms with Gasteiger partial charge in [-0.1, -0.05) is 12.1 Å². The van der Waals surface area contributed by atoms with Gasteiger partial charge in [0.1, 0.15) is 18.5 Å². The fraction of sp³-hybridized carbons (Fsp3) is 0.294. The van der Waals surface area contributed by atoms with Crippen molar-refractivity contribution in [3.8, 4) is 5.75 Å². The minimum Gasteiger partial charge on any atom is -0.491 e. The van der Waals surface area contributed by atoms with E-state index in [1.165, 1.54) is 0 Å². The lowest BCUT2D eigenvalue weighted by atomic mass is 10.2. The molecule has 1 fully saturated rings. The molecule has 0 radical (unpaired) electrons. The van der Waals surface area contributed by atoms with E-state index in [0.717, 1.165) is 17.7 Å². The second-order valence-electron chi connectivity index (χ2n) is 5.51. The summed E-state index contributed by atoms with van der Waals surface area (Å²) in [5.41, 5.74) is 1.72. The van der Waals surface area contributed by atoms with Gasteiger partial charge in [-0.3, -0.25) is 0 Å². The second kappa shape index (κ2) is 5.74. The normalized spacial score (nSPS) is 17.3. The van der Waals surface area contributed by atoms with Crippen LogP contribution in [0.5, 0.6) is 5.75 Å². The molecule has 1 aliphatic rings. The highest BCUT2D eigenvalue weighted by Gasteiger charge is 2.24. The molecule has 0 bridgehead atoms. The molecule has 1 atom stereocenters. The summed E-state index contributed by atoms with van der Waals surface area (Å²) in [5, 5.41) is 0. The van der Waals surface area contributed by atoms with Crippen LogP contribution in [0.15, 0.2) is 52.3 Å². The number of aryl methyl sites for hydroxylation is 2. The van der Waals surface area contributed by atoms with Gasteiger partial charge in [-0.25, -0.2) is 8.42 Å². The summed E-state index contributed by atoms with van der Waals surface area (Å²) in [6.45, 7) is 4.96. The molecule has 1 saturated heterocycles. The molecule has 1 aliphatic heterocycles. The van der Waals surface area contributed by atoms with Crippen LogP contribution in [0.2, 0.25) is 0 Å². The molecule has 0 N–H and O–H groups in total. The zero-order valence-electron chi connectivity index (χ0n) is 12.6. The summed E-state index contributed by atoms with van der Waals surface area (Å²) in [4.78, 5) is 0.595. The van der Waals surface area contributed by atoms with Crippen molar-refractivity contribution in [3.63, 3.8) is 0 Å². The van der Waals surface area contributed by atoms with Crippen molar-refractivity contribution in [1.82, 2.24) is 0 Å². The van der Waals surface area contributed by atoms with Crippen molar-refractivity contribution in [1.29, 1.82) is 0 Å². The van der Waals surface area contributed by atoms with E-state index in [4.69, 9.17) is 9.47 Å². The van der Waals surface area contributed by atoms with Gasteiger partial charge < -0.3 is 9.47 Å². The third kappa shape index (κ3) is 3.15. The predicted molar refractivity (Wildman–Crippen MR) is 83.0 cm³/mol. The Bertz CT molecular complexity index is 792. The van der Waals surface area contributed by atoms with Crippen LogP contribution in [-0.2, 0) is 14.6 Å². The van der Waals surface area contributed by atoms with Gasteiger partial charge in [0.2, 0.25) is 9.84 Å². The van der Waals surface area contributed by atoms with Crippen LogP contribution < -0.4 is 4.74 Å². The molecule has 1 heterocycles. The predicted octanol–water partition coefficient (Wildman–Crippen LogP) is 2.91. The Morgan fingerprint density at radius 3 is 2.50 bits per heavy atom. The van der Waals surface area contributed by atoms with Gasteiger partial charge in [0, 0.05) is 0 Å². The number of hydrogen-bond donors (Lipinski definition) is 0. The van der Waals surface area contributed by atoms with Crippen LogP contribution in [0.4, 0.5) is 0 Å². The molecule has 0 spiro atoms. The van der Waals surface area contributed by atoms with Crippen LogP contribution in [-0.4, -0.2) is 27.7 Å². The number of sulfone groups is 1. The molecular formula is C17H18O4S. The van der Waals surface area contributed by atoms with E-state index < -0.39 is 9.84 Å². The third-order valence-corrected chi connectivity index (χ3v) is 5.33. The molecule has 22 heavy (non-hydrogen) atoms. The maximum Gasteiger partial charge on any atom is 0.206 e. The van der Waals surface area contributed by atoms with Crippen LogP contribution in [0.1, 0.15) is 11.1 Å². The first kappa shape index (κ1) is 15.1. The standard InChI is InChI=1S/C17H18O4S/c1-12-4-3-5-15(8-12)22(18,19)16-6-7-17(13(2)9-16)21-11-14-10-20-14/h3-9,14H,10-11H2,1-2H3. The van der Waals surface area contributed by atoms with Crippen molar-refractivity contribution in [2.45, 2.75) is 29.7 Å². The van der Waals surface area contributed by atoms with Crippen molar-refractivity contribution in [3.05, 3.63) is 53.6 Å². The molecular weight excluding hydrogens is 300 g/mol. The van der Waals surface area contributed by atoms with Crippen LogP contribution in [0.25, 0.3) is 0 Å². The number of hydrogen-bond acceptors (Lipinski definition) is 4. The molecule has 0 saturated carbocycles. The fourth-order valence-electron chi connectivity index (χ4n) is 2.22. The van der Waals surface area contributed by atoms with E-state index in [0.29, 0.717) is 17.3 Å². The molecule has 0 aromatic heterocycles. The van der Waals surface area contributed by atoms with Gasteiger partial charge in [0.05, 0.1) is 16.4 Å². The maximum absolute atomic E-state index is 12.7.